The standard InChI is InChI=1S/C11H10FN3O4S/c12-8-3-4-11(10(5-8)15(16)17)20(18,19)14-9(6-13)7-1-2-7/h3-5,7,9,14H,1-2H2. The Kier molecular flexibility index (Phi) is 3.69. The predicted octanol–water partition coefficient (Wildman–Crippen LogP) is 1.31. The molecule has 0 aliphatic heterocycles. The maximum absolute atomic E-state index is 13.0. The van der Waals surface area contributed by atoms with Crippen LogP contribution in [0.25, 0.3) is 0 Å². The van der Waals surface area contributed by atoms with E-state index in [1.807, 2.05) is 6.07 Å². The van der Waals surface area contributed by atoms with Gasteiger partial charge >= 0.3 is 0 Å². The van der Waals surface area contributed by atoms with E-state index in [0.717, 1.165) is 25.0 Å². The summed E-state index contributed by atoms with van der Waals surface area (Å²) in [6.45, 7) is 0. The first-order chi connectivity index (χ1) is 9.35. The Balaban J connectivity index is 2.39. The maximum atomic E-state index is 13.0. The van der Waals surface area contributed by atoms with E-state index in [-0.39, 0.29) is 5.92 Å². The van der Waals surface area contributed by atoms with Crippen LogP contribution in [0.1, 0.15) is 12.8 Å². The predicted molar refractivity (Wildman–Crippen MR) is 65.5 cm³/mol. The van der Waals surface area contributed by atoms with E-state index >= 15 is 0 Å². The lowest BCUT2D eigenvalue weighted by Gasteiger charge is -2.11. The molecule has 0 aromatic heterocycles. The lowest BCUT2D eigenvalue weighted by atomic mass is 10.2. The summed E-state index contributed by atoms with van der Waals surface area (Å²) in [4.78, 5) is 9.18. The molecule has 2 rings (SSSR count). The zero-order valence-corrected chi connectivity index (χ0v) is 10.9. The van der Waals surface area contributed by atoms with Gasteiger partial charge in [0.2, 0.25) is 10.0 Å². The SMILES string of the molecule is N#CC(NS(=O)(=O)c1ccc(F)cc1[N+](=O)[O-])C1CC1. The smallest absolute Gasteiger partial charge is 0.258 e. The van der Waals surface area contributed by atoms with Crippen molar-refractivity contribution in [1.29, 1.82) is 5.26 Å². The largest absolute Gasteiger partial charge is 0.292 e. The monoisotopic (exact) mass is 299 g/mol. The highest BCUT2D eigenvalue weighted by molar-refractivity contribution is 7.89. The Bertz CT molecular complexity index is 694. The van der Waals surface area contributed by atoms with E-state index in [9.17, 15) is 22.9 Å². The molecule has 7 nitrogen and oxygen atoms in total. The Labute approximate surface area is 114 Å². The van der Waals surface area contributed by atoms with Gasteiger partial charge in [-0.05, 0) is 30.9 Å². The first-order valence-corrected chi connectivity index (χ1v) is 7.19. The van der Waals surface area contributed by atoms with Crippen molar-refractivity contribution in [3.05, 3.63) is 34.1 Å². The quantitative estimate of drug-likeness (QED) is 0.650. The van der Waals surface area contributed by atoms with Crippen LogP contribution >= 0.6 is 0 Å². The van der Waals surface area contributed by atoms with Crippen LogP contribution in [-0.2, 0) is 10.0 Å². The van der Waals surface area contributed by atoms with Crippen molar-refractivity contribution >= 4 is 15.7 Å². The number of hydrogen-bond donors (Lipinski definition) is 1. The molecule has 1 N–H and O–H groups in total. The number of sulfonamides is 1. The fraction of sp³-hybridized carbons (Fsp3) is 0.364. The van der Waals surface area contributed by atoms with Crippen LogP contribution in [0.3, 0.4) is 0 Å². The molecule has 20 heavy (non-hydrogen) atoms. The van der Waals surface area contributed by atoms with Gasteiger partial charge in [-0.2, -0.15) is 9.98 Å². The van der Waals surface area contributed by atoms with E-state index < -0.39 is 37.4 Å². The summed E-state index contributed by atoms with van der Waals surface area (Å²) >= 11 is 0. The zero-order valence-electron chi connectivity index (χ0n) is 10.1. The van der Waals surface area contributed by atoms with Gasteiger partial charge in [0.1, 0.15) is 11.9 Å². The van der Waals surface area contributed by atoms with E-state index in [1.165, 1.54) is 0 Å². The Morgan fingerprint density at radius 1 is 1.50 bits per heavy atom. The Hall–Kier alpha value is -2.05. The van der Waals surface area contributed by atoms with E-state index in [1.54, 1.807) is 0 Å². The summed E-state index contributed by atoms with van der Waals surface area (Å²) in [5, 5.41) is 19.7. The molecule has 1 atom stereocenters. The van der Waals surface area contributed by atoms with Gasteiger partial charge in [-0.25, -0.2) is 12.8 Å². The number of nitrogens with zero attached hydrogens (tertiary/aromatic N) is 2. The van der Waals surface area contributed by atoms with Gasteiger partial charge in [0.05, 0.1) is 17.1 Å². The molecule has 9 heteroatoms. The summed E-state index contributed by atoms with van der Waals surface area (Å²) in [6.07, 6.45) is 1.46. The second kappa shape index (κ2) is 5.15. The molecule has 0 amide bonds. The molecule has 1 unspecified atom stereocenters. The van der Waals surface area contributed by atoms with Crippen molar-refractivity contribution in [2.24, 2.45) is 5.92 Å². The second-order valence-electron chi connectivity index (χ2n) is 4.43. The third-order valence-corrected chi connectivity index (χ3v) is 4.41. The van der Waals surface area contributed by atoms with Gasteiger partial charge in [0.15, 0.2) is 4.90 Å². The highest BCUT2D eigenvalue weighted by Gasteiger charge is 2.36. The highest BCUT2D eigenvalue weighted by Crippen LogP contribution is 2.33. The minimum Gasteiger partial charge on any atom is -0.258 e. The summed E-state index contributed by atoms with van der Waals surface area (Å²) < 4.78 is 39.3. The van der Waals surface area contributed by atoms with Crippen LogP contribution in [-0.4, -0.2) is 19.4 Å². The lowest BCUT2D eigenvalue weighted by Crippen LogP contribution is -2.35. The molecule has 1 fully saturated rings. The van der Waals surface area contributed by atoms with E-state index in [0.29, 0.717) is 6.07 Å². The van der Waals surface area contributed by atoms with Crippen molar-refractivity contribution in [3.8, 4) is 6.07 Å². The average molecular weight is 299 g/mol. The number of rotatable bonds is 5. The molecule has 0 heterocycles. The summed E-state index contributed by atoms with van der Waals surface area (Å²) in [5.41, 5.74) is -0.856. The van der Waals surface area contributed by atoms with E-state index in [2.05, 4.69) is 4.72 Å². The third kappa shape index (κ3) is 2.92. The van der Waals surface area contributed by atoms with Crippen molar-refractivity contribution in [2.45, 2.75) is 23.8 Å². The number of nitro benzene ring substituents is 1. The number of nitro groups is 1. The number of nitrogens with one attached hydrogen (secondary N) is 1. The highest BCUT2D eigenvalue weighted by atomic mass is 32.2. The minimum atomic E-state index is -4.25. The zero-order chi connectivity index (χ0) is 14.9. The average Bonchev–Trinajstić information content (AvgIpc) is 3.19. The number of hydrogen-bond acceptors (Lipinski definition) is 5. The van der Waals surface area contributed by atoms with Gasteiger partial charge in [-0.3, -0.25) is 10.1 Å². The van der Waals surface area contributed by atoms with Crippen molar-refractivity contribution in [3.63, 3.8) is 0 Å². The number of halogens is 1. The first-order valence-electron chi connectivity index (χ1n) is 5.71. The second-order valence-corrected chi connectivity index (χ2v) is 6.12. The molecule has 0 spiro atoms. The molecule has 1 aliphatic rings. The van der Waals surface area contributed by atoms with Gasteiger partial charge in [0, 0.05) is 0 Å². The summed E-state index contributed by atoms with van der Waals surface area (Å²) in [5.74, 6) is -0.982. The van der Waals surface area contributed by atoms with Crippen LogP contribution in [0.15, 0.2) is 23.1 Å². The molecular formula is C11H10FN3O4S. The first kappa shape index (κ1) is 14.4. The van der Waals surface area contributed by atoms with Crippen LogP contribution in [0.2, 0.25) is 0 Å². The summed E-state index contributed by atoms with van der Waals surface area (Å²) in [6, 6.07) is 3.06. The molecular weight excluding hydrogens is 289 g/mol. The van der Waals surface area contributed by atoms with Gasteiger partial charge in [-0.15, -0.1) is 0 Å². The van der Waals surface area contributed by atoms with E-state index in [4.69, 9.17) is 5.26 Å². The molecule has 0 bridgehead atoms. The lowest BCUT2D eigenvalue weighted by molar-refractivity contribution is -0.388. The van der Waals surface area contributed by atoms with Crippen molar-refractivity contribution in [2.75, 3.05) is 0 Å². The molecule has 1 saturated carbocycles. The van der Waals surface area contributed by atoms with Crippen LogP contribution < -0.4 is 4.72 Å². The third-order valence-electron chi connectivity index (χ3n) is 2.92. The van der Waals surface area contributed by atoms with Crippen molar-refractivity contribution in [1.82, 2.24) is 4.72 Å². The number of nitriles is 1. The molecule has 0 radical (unpaired) electrons. The molecule has 0 saturated heterocycles. The van der Waals surface area contributed by atoms with Gasteiger partial charge < -0.3 is 0 Å². The van der Waals surface area contributed by atoms with Crippen LogP contribution in [0.5, 0.6) is 0 Å². The topological polar surface area (TPSA) is 113 Å². The summed E-state index contributed by atoms with van der Waals surface area (Å²) in [7, 11) is -4.25. The molecule has 1 aromatic carbocycles. The fourth-order valence-electron chi connectivity index (χ4n) is 1.75. The normalized spacial score (nSPS) is 16.4. The molecule has 1 aromatic rings. The van der Waals surface area contributed by atoms with Crippen LogP contribution in [0.4, 0.5) is 10.1 Å². The maximum Gasteiger partial charge on any atom is 0.292 e. The van der Waals surface area contributed by atoms with Gasteiger partial charge in [-0.1, -0.05) is 0 Å². The molecule has 106 valence electrons. The van der Waals surface area contributed by atoms with Gasteiger partial charge in [0.25, 0.3) is 5.69 Å². The van der Waals surface area contributed by atoms with Crippen LogP contribution in [0, 0.1) is 33.2 Å². The van der Waals surface area contributed by atoms with Crippen molar-refractivity contribution < 1.29 is 17.7 Å². The Morgan fingerprint density at radius 3 is 2.65 bits per heavy atom. The number of benzene rings is 1. The molecule has 1 aliphatic carbocycles. The Morgan fingerprint density at radius 2 is 2.15 bits per heavy atom. The fourth-order valence-corrected chi connectivity index (χ4v) is 3.11. The minimum absolute atomic E-state index is 0.0747.